The minimum atomic E-state index is -5.11. The van der Waals surface area contributed by atoms with Crippen molar-refractivity contribution >= 4 is 59.1 Å². The summed E-state index contributed by atoms with van der Waals surface area (Å²) in [5.74, 6) is -3.19. The van der Waals surface area contributed by atoms with Crippen LogP contribution in [-0.4, -0.2) is 61.5 Å². The molecule has 0 radical (unpaired) electrons. The van der Waals surface area contributed by atoms with E-state index in [1.54, 1.807) is 44.2 Å². The van der Waals surface area contributed by atoms with Crippen molar-refractivity contribution in [2.45, 2.75) is 39.0 Å². The first-order chi connectivity index (χ1) is 22.4. The number of ether oxygens (including phenoxy) is 1. The molecule has 1 heterocycles. The highest BCUT2D eigenvalue weighted by Gasteiger charge is 2.39. The van der Waals surface area contributed by atoms with Crippen molar-refractivity contribution < 1.29 is 53.5 Å². The summed E-state index contributed by atoms with van der Waals surface area (Å²) in [6.07, 6.45) is 5.11. The SMILES string of the molecule is CC1(C)C=C(CS(=O)(=O)O)c2cc3c(cc2=C1)Oc1c(cc2c(c1S(=O)(=O)O)CC(C)(C)C=C2CS(=O)(=O)O)C=3c1ccccc1C(=O)O. The first-order valence-corrected chi connectivity index (χ1v) is 19.5. The number of carbonyl (C=O) groups is 1. The molecule has 3 aromatic rings. The Balaban J connectivity index is 1.83. The predicted octanol–water partition coefficient (Wildman–Crippen LogP) is 3.93. The molecule has 0 atom stereocenters. The second-order valence-corrected chi connectivity index (χ2v) is 18.0. The van der Waals surface area contributed by atoms with Crippen LogP contribution in [0.1, 0.15) is 65.9 Å². The van der Waals surface area contributed by atoms with Gasteiger partial charge in [-0.05, 0) is 74.7 Å². The zero-order valence-electron chi connectivity index (χ0n) is 26.7. The molecule has 0 fully saturated rings. The molecule has 6 rings (SSSR count). The molecule has 0 bridgehead atoms. The third kappa shape index (κ3) is 6.74. The van der Waals surface area contributed by atoms with E-state index in [1.807, 2.05) is 19.9 Å². The van der Waals surface area contributed by atoms with E-state index in [0.29, 0.717) is 10.8 Å². The van der Waals surface area contributed by atoms with Crippen LogP contribution in [0.5, 0.6) is 11.5 Å². The van der Waals surface area contributed by atoms with Gasteiger partial charge >= 0.3 is 5.97 Å². The third-order valence-corrected chi connectivity index (χ3v) is 10.9. The summed E-state index contributed by atoms with van der Waals surface area (Å²) in [4.78, 5) is 11.9. The molecule has 15 heteroatoms. The van der Waals surface area contributed by atoms with Gasteiger partial charge in [0.25, 0.3) is 30.4 Å². The molecule has 258 valence electrons. The van der Waals surface area contributed by atoms with Crippen LogP contribution in [0.3, 0.4) is 0 Å². The minimum absolute atomic E-state index is 0.00565. The van der Waals surface area contributed by atoms with Gasteiger partial charge in [-0.1, -0.05) is 64.1 Å². The Labute approximate surface area is 283 Å². The van der Waals surface area contributed by atoms with Gasteiger partial charge in [-0.25, -0.2) is 4.79 Å². The summed E-state index contributed by atoms with van der Waals surface area (Å²) >= 11 is 0. The summed E-state index contributed by atoms with van der Waals surface area (Å²) in [5, 5.41) is 10.9. The molecular formula is C34H32O12S3. The lowest BCUT2D eigenvalue weighted by atomic mass is 9.75. The molecule has 49 heavy (non-hydrogen) atoms. The van der Waals surface area contributed by atoms with Crippen molar-refractivity contribution in [1.29, 1.82) is 0 Å². The Morgan fingerprint density at radius 1 is 0.776 bits per heavy atom. The molecule has 3 aromatic carbocycles. The number of fused-ring (bicyclic) bond motifs is 4. The summed E-state index contributed by atoms with van der Waals surface area (Å²) in [7, 11) is -14.2. The predicted molar refractivity (Wildman–Crippen MR) is 182 cm³/mol. The number of benzene rings is 3. The van der Waals surface area contributed by atoms with Crippen molar-refractivity contribution in [2.75, 3.05) is 11.5 Å². The van der Waals surface area contributed by atoms with E-state index in [9.17, 15) is 48.8 Å². The lowest BCUT2D eigenvalue weighted by molar-refractivity contribution is 0.0696. The topological polar surface area (TPSA) is 210 Å². The Morgan fingerprint density at radius 2 is 1.39 bits per heavy atom. The van der Waals surface area contributed by atoms with Gasteiger partial charge in [-0.3, -0.25) is 13.7 Å². The summed E-state index contributed by atoms with van der Waals surface area (Å²) in [6, 6.07) is 10.5. The van der Waals surface area contributed by atoms with Gasteiger partial charge in [-0.15, -0.1) is 0 Å². The molecule has 12 nitrogen and oxygen atoms in total. The van der Waals surface area contributed by atoms with E-state index >= 15 is 0 Å². The monoisotopic (exact) mass is 728 g/mol. The van der Waals surface area contributed by atoms with Crippen LogP contribution in [0.2, 0.25) is 0 Å². The number of hydrogen-bond donors (Lipinski definition) is 4. The van der Waals surface area contributed by atoms with E-state index in [4.69, 9.17) is 4.74 Å². The minimum Gasteiger partial charge on any atom is -0.478 e. The van der Waals surface area contributed by atoms with Crippen molar-refractivity contribution in [3.8, 4) is 11.5 Å². The number of hydrogen-bond acceptors (Lipinski definition) is 8. The van der Waals surface area contributed by atoms with Crippen molar-refractivity contribution in [2.24, 2.45) is 10.8 Å². The van der Waals surface area contributed by atoms with E-state index in [-0.39, 0.29) is 67.7 Å². The Morgan fingerprint density at radius 3 is 1.98 bits per heavy atom. The lowest BCUT2D eigenvalue weighted by Gasteiger charge is -2.34. The van der Waals surface area contributed by atoms with Crippen LogP contribution in [0.25, 0.3) is 22.8 Å². The highest BCUT2D eigenvalue weighted by molar-refractivity contribution is 7.86. The maximum absolute atomic E-state index is 13.3. The molecular weight excluding hydrogens is 697 g/mol. The lowest BCUT2D eigenvalue weighted by Crippen LogP contribution is -2.30. The highest BCUT2D eigenvalue weighted by atomic mass is 32.2. The van der Waals surface area contributed by atoms with E-state index in [2.05, 4.69) is 0 Å². The van der Waals surface area contributed by atoms with Gasteiger partial charge in [0.1, 0.15) is 22.2 Å². The van der Waals surface area contributed by atoms with Gasteiger partial charge in [0.2, 0.25) is 0 Å². The summed E-state index contributed by atoms with van der Waals surface area (Å²) in [5.41, 5.74) is -0.628. The van der Waals surface area contributed by atoms with E-state index in [0.717, 1.165) is 0 Å². The summed E-state index contributed by atoms with van der Waals surface area (Å²) < 4.78 is 112. The standard InChI is InChI=1S/C34H32O12S3/c1-33(2)12-18-9-28-25(10-23(18)19(13-33)16-47(37,38)39)29(21-7-5-6-8-22(21)32(35)36)26-11-24-20(17-48(40,41)42)14-34(3,4)15-27(24)31(30(26)46-28)49(43,44)45/h5-14H,15-17H2,1-4H3,(H,35,36)(H,37,38,39)(H,40,41,42)(H,43,44,45). The van der Waals surface area contributed by atoms with E-state index in [1.165, 1.54) is 24.3 Å². The van der Waals surface area contributed by atoms with Crippen molar-refractivity contribution in [1.82, 2.24) is 0 Å². The third-order valence-electron chi connectivity index (χ3n) is 8.56. The average molecular weight is 729 g/mol. The van der Waals surface area contributed by atoms with Crippen LogP contribution < -0.4 is 15.2 Å². The van der Waals surface area contributed by atoms with Gasteiger partial charge in [0.15, 0.2) is 5.75 Å². The molecule has 0 saturated carbocycles. The van der Waals surface area contributed by atoms with Crippen LogP contribution in [0.4, 0.5) is 0 Å². The van der Waals surface area contributed by atoms with Gasteiger partial charge in [0.05, 0.1) is 5.56 Å². The quantitative estimate of drug-likeness (QED) is 0.200. The van der Waals surface area contributed by atoms with Crippen LogP contribution in [0.15, 0.2) is 59.5 Å². The Bertz CT molecular complexity index is 2540. The number of carboxylic acids is 1. The largest absolute Gasteiger partial charge is 0.478 e. The van der Waals surface area contributed by atoms with Crippen molar-refractivity contribution in [3.05, 3.63) is 98.4 Å². The second-order valence-electron chi connectivity index (χ2n) is 13.8. The normalized spacial score (nSPS) is 17.7. The van der Waals surface area contributed by atoms with Gasteiger partial charge in [-0.2, -0.15) is 25.3 Å². The molecule has 1 aliphatic heterocycles. The van der Waals surface area contributed by atoms with Crippen LogP contribution in [-0.2, 0) is 36.8 Å². The maximum atomic E-state index is 13.3. The Hall–Kier alpha value is -4.12. The van der Waals surface area contributed by atoms with Crippen molar-refractivity contribution in [3.63, 3.8) is 0 Å². The fourth-order valence-electron chi connectivity index (χ4n) is 7.06. The molecule has 0 unspecified atom stereocenters. The molecule has 0 aromatic heterocycles. The van der Waals surface area contributed by atoms with E-state index < -0.39 is 63.6 Å². The fourth-order valence-corrected chi connectivity index (χ4v) is 9.21. The molecule has 3 aliphatic rings. The smallest absolute Gasteiger partial charge is 0.336 e. The average Bonchev–Trinajstić information content (AvgIpc) is 2.90. The Kier molecular flexibility index (Phi) is 7.94. The molecule has 4 N–H and O–H groups in total. The molecule has 0 spiro atoms. The molecule has 2 aliphatic carbocycles. The zero-order chi connectivity index (χ0) is 36.1. The number of allylic oxidation sites excluding steroid dienone is 2. The molecule has 0 amide bonds. The fraction of sp³-hybridized carbons (Fsp3) is 0.265. The number of aromatic carboxylic acids is 1. The van der Waals surface area contributed by atoms with Crippen LogP contribution >= 0.6 is 0 Å². The van der Waals surface area contributed by atoms with Gasteiger partial charge < -0.3 is 9.84 Å². The highest BCUT2D eigenvalue weighted by Crippen LogP contribution is 2.49. The second kappa shape index (κ2) is 11.2. The first-order valence-electron chi connectivity index (χ1n) is 14.9. The maximum Gasteiger partial charge on any atom is 0.336 e. The summed E-state index contributed by atoms with van der Waals surface area (Å²) in [6.45, 7) is 7.09. The van der Waals surface area contributed by atoms with Gasteiger partial charge in [0, 0.05) is 21.8 Å². The first kappa shape index (κ1) is 34.7. The zero-order valence-corrected chi connectivity index (χ0v) is 29.1. The number of rotatable bonds is 7. The number of carboxylic acid groups (broad SMARTS) is 1. The van der Waals surface area contributed by atoms with Crippen LogP contribution in [0, 0.1) is 10.8 Å². The molecule has 0 saturated heterocycles.